The minimum atomic E-state index is -4.06. The highest BCUT2D eigenvalue weighted by molar-refractivity contribution is 9.10. The molecular formula is C30H35BrN4O6S. The van der Waals surface area contributed by atoms with Gasteiger partial charge >= 0.3 is 0 Å². The number of carbonyl (C=O) groups excluding carboxylic acids is 2. The number of nitro groups is 1. The van der Waals surface area contributed by atoms with Crippen LogP contribution in [0.3, 0.4) is 0 Å². The van der Waals surface area contributed by atoms with Crippen molar-refractivity contribution in [3.63, 3.8) is 0 Å². The second kappa shape index (κ2) is 14.4. The summed E-state index contributed by atoms with van der Waals surface area (Å²) in [5, 5.41) is 14.4. The van der Waals surface area contributed by atoms with Crippen LogP contribution in [0.4, 0.5) is 11.4 Å². The third kappa shape index (κ3) is 8.86. The molecule has 0 bridgehead atoms. The van der Waals surface area contributed by atoms with Crippen molar-refractivity contribution in [1.82, 2.24) is 10.2 Å². The molecule has 0 aliphatic rings. The van der Waals surface area contributed by atoms with E-state index < -0.39 is 33.4 Å². The molecule has 42 heavy (non-hydrogen) atoms. The fraction of sp³-hybridized carbons (Fsp3) is 0.333. The van der Waals surface area contributed by atoms with Crippen LogP contribution in [-0.2, 0) is 32.6 Å². The summed E-state index contributed by atoms with van der Waals surface area (Å²) in [6.07, 6.45) is 1.81. The van der Waals surface area contributed by atoms with Gasteiger partial charge in [-0.1, -0.05) is 71.4 Å². The lowest BCUT2D eigenvalue weighted by molar-refractivity contribution is -0.384. The van der Waals surface area contributed by atoms with Gasteiger partial charge in [0.05, 0.1) is 16.9 Å². The van der Waals surface area contributed by atoms with Crippen LogP contribution < -0.4 is 9.62 Å². The summed E-state index contributed by atoms with van der Waals surface area (Å²) in [4.78, 5) is 40.1. The highest BCUT2D eigenvalue weighted by Crippen LogP contribution is 2.28. The number of rotatable bonds is 13. The second-order valence-electron chi connectivity index (χ2n) is 10.2. The van der Waals surface area contributed by atoms with E-state index in [1.807, 2.05) is 68.4 Å². The molecule has 0 fully saturated rings. The smallest absolute Gasteiger partial charge is 0.271 e. The summed E-state index contributed by atoms with van der Waals surface area (Å²) in [5.41, 5.74) is 1.71. The maximum atomic E-state index is 14.2. The Balaban J connectivity index is 2.10. The number of nitrogens with zero attached hydrogens (tertiary/aromatic N) is 3. The van der Waals surface area contributed by atoms with Crippen molar-refractivity contribution in [2.75, 3.05) is 17.1 Å². The van der Waals surface area contributed by atoms with Crippen LogP contribution in [0.15, 0.2) is 77.3 Å². The van der Waals surface area contributed by atoms with Gasteiger partial charge < -0.3 is 10.2 Å². The van der Waals surface area contributed by atoms with Crippen molar-refractivity contribution >= 4 is 49.1 Å². The van der Waals surface area contributed by atoms with Crippen molar-refractivity contribution in [1.29, 1.82) is 0 Å². The molecule has 2 atom stereocenters. The third-order valence-corrected chi connectivity index (χ3v) is 8.54. The molecule has 1 N–H and O–H groups in total. The maximum Gasteiger partial charge on any atom is 0.271 e. The predicted octanol–water partition coefficient (Wildman–Crippen LogP) is 4.99. The van der Waals surface area contributed by atoms with Crippen LogP contribution in [0.2, 0.25) is 0 Å². The summed E-state index contributed by atoms with van der Waals surface area (Å²) >= 11 is 3.41. The molecule has 0 heterocycles. The van der Waals surface area contributed by atoms with Gasteiger partial charge in [-0.05, 0) is 49.1 Å². The molecule has 3 aromatic rings. The summed E-state index contributed by atoms with van der Waals surface area (Å²) in [6, 6.07) is 19.3. The molecule has 0 aliphatic heterocycles. The average molecular weight is 660 g/mol. The Morgan fingerprint density at radius 3 is 2.24 bits per heavy atom. The molecule has 3 rings (SSSR count). The molecule has 0 spiro atoms. The third-order valence-electron chi connectivity index (χ3n) is 6.89. The van der Waals surface area contributed by atoms with E-state index in [0.717, 1.165) is 32.2 Å². The van der Waals surface area contributed by atoms with E-state index in [9.17, 15) is 28.1 Å². The van der Waals surface area contributed by atoms with Gasteiger partial charge in [0.25, 0.3) is 5.69 Å². The Morgan fingerprint density at radius 2 is 1.67 bits per heavy atom. The fourth-order valence-electron chi connectivity index (χ4n) is 4.36. The van der Waals surface area contributed by atoms with E-state index in [1.54, 1.807) is 6.92 Å². The molecule has 12 heteroatoms. The van der Waals surface area contributed by atoms with Crippen LogP contribution in [0.25, 0.3) is 0 Å². The van der Waals surface area contributed by atoms with Gasteiger partial charge in [0, 0.05) is 35.6 Å². The number of nitro benzene ring substituents is 1. The van der Waals surface area contributed by atoms with E-state index in [-0.39, 0.29) is 36.3 Å². The first-order valence-electron chi connectivity index (χ1n) is 13.4. The first-order valence-corrected chi connectivity index (χ1v) is 16.0. The van der Waals surface area contributed by atoms with Crippen molar-refractivity contribution in [3.05, 3.63) is 104 Å². The van der Waals surface area contributed by atoms with E-state index >= 15 is 0 Å². The number of non-ortho nitro benzene ring substituents is 1. The van der Waals surface area contributed by atoms with E-state index in [2.05, 4.69) is 21.2 Å². The van der Waals surface area contributed by atoms with Gasteiger partial charge in [-0.15, -0.1) is 0 Å². The molecule has 10 nitrogen and oxygen atoms in total. The number of sulfonamides is 1. The van der Waals surface area contributed by atoms with Gasteiger partial charge in [-0.25, -0.2) is 8.42 Å². The first-order chi connectivity index (χ1) is 19.8. The zero-order valence-electron chi connectivity index (χ0n) is 24.0. The fourth-order valence-corrected chi connectivity index (χ4v) is 5.52. The summed E-state index contributed by atoms with van der Waals surface area (Å²) in [5.74, 6) is -0.995. The van der Waals surface area contributed by atoms with Crippen LogP contribution in [0.1, 0.15) is 37.0 Å². The van der Waals surface area contributed by atoms with Crippen LogP contribution in [0.5, 0.6) is 0 Å². The number of aryl methyl sites for hydroxylation is 1. The van der Waals surface area contributed by atoms with Crippen LogP contribution >= 0.6 is 15.9 Å². The maximum absolute atomic E-state index is 14.2. The number of carbonyl (C=O) groups is 2. The van der Waals surface area contributed by atoms with Gasteiger partial charge in [0.2, 0.25) is 21.8 Å². The van der Waals surface area contributed by atoms with Crippen LogP contribution in [-0.4, -0.2) is 54.9 Å². The number of hydrogen-bond acceptors (Lipinski definition) is 6. The average Bonchev–Trinajstić information content (AvgIpc) is 2.94. The number of anilines is 1. The molecule has 0 aliphatic carbocycles. The van der Waals surface area contributed by atoms with Crippen molar-refractivity contribution in [2.24, 2.45) is 0 Å². The van der Waals surface area contributed by atoms with Crippen LogP contribution in [0, 0.1) is 17.0 Å². The van der Waals surface area contributed by atoms with Crippen molar-refractivity contribution < 1.29 is 22.9 Å². The summed E-state index contributed by atoms with van der Waals surface area (Å²) in [6.45, 7) is 4.80. The molecule has 0 saturated carbocycles. The highest BCUT2D eigenvalue weighted by atomic mass is 79.9. The minimum Gasteiger partial charge on any atom is -0.352 e. The van der Waals surface area contributed by atoms with Crippen molar-refractivity contribution in [2.45, 2.75) is 52.2 Å². The second-order valence-corrected chi connectivity index (χ2v) is 13.0. The monoisotopic (exact) mass is 658 g/mol. The SMILES string of the molecule is CC[C@@H](C)NC(=O)[C@H](Cc1ccccc1)N(Cc1ccc(Br)cc1)C(=O)CN(c1cc([N+](=O)[O-])ccc1C)S(C)(=O)=O. The number of hydrogen-bond donors (Lipinski definition) is 1. The van der Waals surface area contributed by atoms with E-state index in [0.29, 0.717) is 12.0 Å². The normalized spacial score (nSPS) is 12.7. The van der Waals surface area contributed by atoms with Gasteiger partial charge in [-0.3, -0.25) is 24.0 Å². The zero-order chi connectivity index (χ0) is 31.0. The lowest BCUT2D eigenvalue weighted by atomic mass is 10.0. The molecule has 0 saturated heterocycles. The number of benzene rings is 3. The Kier molecular flexibility index (Phi) is 11.2. The first kappa shape index (κ1) is 32.7. The molecule has 0 aromatic heterocycles. The Morgan fingerprint density at radius 1 is 1.02 bits per heavy atom. The minimum absolute atomic E-state index is 0.0207. The van der Waals surface area contributed by atoms with Crippen molar-refractivity contribution in [3.8, 4) is 0 Å². The molecular weight excluding hydrogens is 624 g/mol. The zero-order valence-corrected chi connectivity index (χ0v) is 26.4. The lowest BCUT2D eigenvalue weighted by Crippen LogP contribution is -2.54. The molecule has 0 radical (unpaired) electrons. The largest absolute Gasteiger partial charge is 0.352 e. The van der Waals surface area contributed by atoms with Gasteiger partial charge in [0.15, 0.2) is 0 Å². The predicted molar refractivity (Wildman–Crippen MR) is 167 cm³/mol. The molecule has 0 unspecified atom stereocenters. The lowest BCUT2D eigenvalue weighted by Gasteiger charge is -2.34. The number of amides is 2. The standard InChI is InChI=1S/C30H35BrN4O6S/c1-5-22(3)32-30(37)28(17-23-9-7-6-8-10-23)33(19-24-12-14-25(31)15-13-24)29(36)20-34(42(4,40)41)27-18-26(35(38)39)16-11-21(27)2/h6-16,18,22,28H,5,17,19-20H2,1-4H3,(H,32,37)/t22-,28+/m1/s1. The quantitative estimate of drug-likeness (QED) is 0.204. The number of nitrogens with one attached hydrogen (secondary N) is 1. The highest BCUT2D eigenvalue weighted by Gasteiger charge is 2.34. The summed E-state index contributed by atoms with van der Waals surface area (Å²) in [7, 11) is -4.06. The molecule has 3 aromatic carbocycles. The van der Waals surface area contributed by atoms with Gasteiger partial charge in [0.1, 0.15) is 12.6 Å². The molecule has 2 amide bonds. The van der Waals surface area contributed by atoms with E-state index in [1.165, 1.54) is 17.0 Å². The van der Waals surface area contributed by atoms with Gasteiger partial charge in [-0.2, -0.15) is 0 Å². The van der Waals surface area contributed by atoms with E-state index in [4.69, 9.17) is 0 Å². The molecule has 224 valence electrons. The number of halogens is 1. The summed E-state index contributed by atoms with van der Waals surface area (Å²) < 4.78 is 27.7. The Bertz CT molecular complexity index is 1520. The topological polar surface area (TPSA) is 130 Å². The Labute approximate surface area is 255 Å². The Hall–Kier alpha value is -3.77.